The van der Waals surface area contributed by atoms with Crippen molar-refractivity contribution >= 4 is 19.9 Å². The Balaban J connectivity index is 2.63. The molecule has 0 unspecified atom stereocenters. The van der Waals surface area contributed by atoms with Gasteiger partial charge in [-0.2, -0.15) is 5.10 Å². The molecule has 0 bridgehead atoms. The van der Waals surface area contributed by atoms with Gasteiger partial charge >= 0.3 is 0 Å². The van der Waals surface area contributed by atoms with Gasteiger partial charge in [0.15, 0.2) is 19.1 Å². The molecule has 1 heterocycles. The van der Waals surface area contributed by atoms with Gasteiger partial charge in [0.1, 0.15) is 6.61 Å². The van der Waals surface area contributed by atoms with Crippen LogP contribution in [-0.2, 0) is 14.7 Å². The van der Waals surface area contributed by atoms with Gasteiger partial charge in [0.05, 0.1) is 31.6 Å². The number of allylic oxidation sites excluding steroid dienone is 2. The molecule has 0 aliphatic heterocycles. The van der Waals surface area contributed by atoms with E-state index in [1.807, 2.05) is 26.8 Å². The van der Waals surface area contributed by atoms with E-state index in [4.69, 9.17) is 25.5 Å². The van der Waals surface area contributed by atoms with Crippen molar-refractivity contribution in [2.45, 2.75) is 65.2 Å². The number of rotatable bonds is 10. The summed E-state index contributed by atoms with van der Waals surface area (Å²) in [5.41, 5.74) is 0.0244. The fourth-order valence-corrected chi connectivity index (χ4v) is 3.46. The topological polar surface area (TPSA) is 62.6 Å². The molecule has 170 valence electrons. The second-order valence-corrected chi connectivity index (χ2v) is 14.9. The molecule has 1 aromatic rings. The SMILES string of the molecule is C=C/C=C(/COCCO[Si](C)(C)C(C)(C)C)COc1cnn(C(C)(C)C)c(=O)c1Cl. The summed E-state index contributed by atoms with van der Waals surface area (Å²) in [4.78, 5) is 12.4. The van der Waals surface area contributed by atoms with E-state index in [1.54, 1.807) is 6.08 Å². The number of aromatic nitrogens is 2. The molecule has 0 fully saturated rings. The third kappa shape index (κ3) is 7.69. The molecule has 0 atom stereocenters. The Hall–Kier alpha value is -1.41. The first-order valence-corrected chi connectivity index (χ1v) is 13.4. The van der Waals surface area contributed by atoms with Crippen molar-refractivity contribution in [2.75, 3.05) is 26.4 Å². The number of hydrogen-bond donors (Lipinski definition) is 0. The molecular weight excluding hydrogens is 420 g/mol. The van der Waals surface area contributed by atoms with E-state index in [2.05, 4.69) is 45.5 Å². The highest BCUT2D eigenvalue weighted by molar-refractivity contribution is 6.74. The second-order valence-electron chi connectivity index (χ2n) is 9.72. The van der Waals surface area contributed by atoms with Gasteiger partial charge in [0, 0.05) is 0 Å². The van der Waals surface area contributed by atoms with Crippen LogP contribution in [-0.4, -0.2) is 44.5 Å². The molecule has 0 aromatic carbocycles. The number of halogens is 1. The minimum absolute atomic E-state index is 0.0153. The molecule has 0 saturated carbocycles. The summed E-state index contributed by atoms with van der Waals surface area (Å²) < 4.78 is 18.9. The van der Waals surface area contributed by atoms with Crippen molar-refractivity contribution in [3.63, 3.8) is 0 Å². The van der Waals surface area contributed by atoms with Crippen LogP contribution in [0.5, 0.6) is 5.75 Å². The van der Waals surface area contributed by atoms with E-state index >= 15 is 0 Å². The molecule has 1 aromatic heterocycles. The lowest BCUT2D eigenvalue weighted by Crippen LogP contribution is -2.41. The van der Waals surface area contributed by atoms with Crippen LogP contribution in [0, 0.1) is 0 Å². The summed E-state index contributed by atoms with van der Waals surface area (Å²) in [7, 11) is -1.78. The summed E-state index contributed by atoms with van der Waals surface area (Å²) >= 11 is 6.21. The van der Waals surface area contributed by atoms with Crippen molar-refractivity contribution in [3.8, 4) is 5.75 Å². The molecule has 0 aliphatic carbocycles. The van der Waals surface area contributed by atoms with Crippen molar-refractivity contribution in [1.82, 2.24) is 9.78 Å². The van der Waals surface area contributed by atoms with E-state index < -0.39 is 13.9 Å². The van der Waals surface area contributed by atoms with E-state index in [-0.39, 0.29) is 28.0 Å². The van der Waals surface area contributed by atoms with E-state index in [0.29, 0.717) is 19.8 Å². The summed E-state index contributed by atoms with van der Waals surface area (Å²) in [5, 5.41) is 4.36. The first-order chi connectivity index (χ1) is 13.7. The number of hydrogen-bond acceptors (Lipinski definition) is 5. The monoisotopic (exact) mass is 456 g/mol. The van der Waals surface area contributed by atoms with Gasteiger partial charge in [0.25, 0.3) is 5.56 Å². The molecule has 0 saturated heterocycles. The van der Waals surface area contributed by atoms with Crippen molar-refractivity contribution < 1.29 is 13.9 Å². The number of nitrogens with zero attached hydrogens (tertiary/aromatic N) is 2. The largest absolute Gasteiger partial charge is 0.486 e. The zero-order valence-electron chi connectivity index (χ0n) is 19.7. The average Bonchev–Trinajstić information content (AvgIpc) is 2.60. The zero-order chi connectivity index (χ0) is 23.2. The Labute approximate surface area is 187 Å². The van der Waals surface area contributed by atoms with Gasteiger partial charge in [-0.25, -0.2) is 4.68 Å². The van der Waals surface area contributed by atoms with Crippen LogP contribution < -0.4 is 10.3 Å². The van der Waals surface area contributed by atoms with Gasteiger partial charge in [-0.1, -0.05) is 51.1 Å². The molecular formula is C22H37ClN2O4Si. The van der Waals surface area contributed by atoms with Gasteiger partial charge < -0.3 is 13.9 Å². The Morgan fingerprint density at radius 1 is 1.20 bits per heavy atom. The molecule has 0 N–H and O–H groups in total. The molecule has 0 amide bonds. The lowest BCUT2D eigenvalue weighted by Gasteiger charge is -2.36. The molecule has 8 heteroatoms. The highest BCUT2D eigenvalue weighted by atomic mass is 35.5. The van der Waals surface area contributed by atoms with Crippen LogP contribution in [0.3, 0.4) is 0 Å². The van der Waals surface area contributed by atoms with Crippen LogP contribution in [0.4, 0.5) is 0 Å². The average molecular weight is 457 g/mol. The minimum atomic E-state index is -1.78. The van der Waals surface area contributed by atoms with Gasteiger partial charge in [-0.15, -0.1) is 0 Å². The standard InChI is InChI=1S/C22H37ClN2O4Si/c1-10-11-17(15-27-12-13-29-30(8,9)22(5,6)7)16-28-18-14-24-25(21(2,3)4)20(26)19(18)23/h10-11,14H,1,12-13,15-16H2,2-9H3/b17-11-. The Bertz CT molecular complexity index is 805. The maximum atomic E-state index is 12.4. The third-order valence-electron chi connectivity index (χ3n) is 5.07. The fourth-order valence-electron chi connectivity index (χ4n) is 2.25. The highest BCUT2D eigenvalue weighted by Crippen LogP contribution is 2.36. The maximum Gasteiger partial charge on any atom is 0.289 e. The van der Waals surface area contributed by atoms with Crippen LogP contribution in [0.1, 0.15) is 41.5 Å². The van der Waals surface area contributed by atoms with E-state index in [1.165, 1.54) is 10.9 Å². The Morgan fingerprint density at radius 2 is 1.83 bits per heavy atom. The summed E-state index contributed by atoms with van der Waals surface area (Å²) in [6, 6.07) is 0. The molecule has 6 nitrogen and oxygen atoms in total. The van der Waals surface area contributed by atoms with Gasteiger partial charge in [-0.3, -0.25) is 4.79 Å². The van der Waals surface area contributed by atoms with Crippen LogP contribution in [0.2, 0.25) is 23.2 Å². The third-order valence-corrected chi connectivity index (χ3v) is 9.96. The van der Waals surface area contributed by atoms with Crippen molar-refractivity contribution in [3.05, 3.63) is 45.9 Å². The fraction of sp³-hybridized carbons (Fsp3) is 0.636. The predicted octanol–water partition coefficient (Wildman–Crippen LogP) is 5.18. The summed E-state index contributed by atoms with van der Waals surface area (Å²) in [5.74, 6) is 0.249. The summed E-state index contributed by atoms with van der Waals surface area (Å²) in [6.45, 7) is 22.1. The normalized spacial score (nSPS) is 13.4. The van der Waals surface area contributed by atoms with Crippen LogP contribution >= 0.6 is 11.6 Å². The van der Waals surface area contributed by atoms with Crippen molar-refractivity contribution in [1.29, 1.82) is 0 Å². The lowest BCUT2D eigenvalue weighted by molar-refractivity contribution is 0.107. The first-order valence-electron chi connectivity index (χ1n) is 10.1. The maximum absolute atomic E-state index is 12.4. The molecule has 0 spiro atoms. The second kappa shape index (κ2) is 10.8. The first kappa shape index (κ1) is 26.6. The Morgan fingerprint density at radius 3 is 2.37 bits per heavy atom. The van der Waals surface area contributed by atoms with Crippen LogP contribution in [0.15, 0.2) is 35.3 Å². The van der Waals surface area contributed by atoms with Gasteiger partial charge in [-0.05, 0) is 44.5 Å². The quantitative estimate of drug-likeness (QED) is 0.275. The van der Waals surface area contributed by atoms with E-state index in [0.717, 1.165) is 5.57 Å². The highest BCUT2D eigenvalue weighted by Gasteiger charge is 2.36. The molecule has 30 heavy (non-hydrogen) atoms. The van der Waals surface area contributed by atoms with E-state index in [9.17, 15) is 4.79 Å². The molecule has 0 radical (unpaired) electrons. The summed E-state index contributed by atoms with van der Waals surface area (Å²) in [6.07, 6.45) is 4.96. The van der Waals surface area contributed by atoms with Crippen LogP contribution in [0.25, 0.3) is 0 Å². The Kier molecular flexibility index (Phi) is 9.54. The zero-order valence-corrected chi connectivity index (χ0v) is 21.4. The van der Waals surface area contributed by atoms with Gasteiger partial charge in [0.2, 0.25) is 0 Å². The molecule has 1 rings (SSSR count). The minimum Gasteiger partial charge on any atom is -0.486 e. The predicted molar refractivity (Wildman–Crippen MR) is 126 cm³/mol. The smallest absolute Gasteiger partial charge is 0.289 e. The van der Waals surface area contributed by atoms with Crippen molar-refractivity contribution in [2.24, 2.45) is 0 Å². The number of ether oxygens (including phenoxy) is 2. The molecule has 0 aliphatic rings. The lowest BCUT2D eigenvalue weighted by atomic mass is 10.1.